The molecule has 0 bridgehead atoms. The van der Waals surface area contributed by atoms with Gasteiger partial charge >= 0.3 is 0 Å². The summed E-state index contributed by atoms with van der Waals surface area (Å²) in [6, 6.07) is 20.3. The Balaban J connectivity index is 1.87. The number of nitrogens with zero attached hydrogens (tertiary/aromatic N) is 1. The molecule has 3 aromatic rings. The Morgan fingerprint density at radius 2 is 1.35 bits per heavy atom. The summed E-state index contributed by atoms with van der Waals surface area (Å²) in [5, 5.41) is 20.2. The molecule has 0 atom stereocenters. The fraction of sp³-hybridized carbons (Fsp3) is 0.190. The Labute approximate surface area is 162 Å². The highest BCUT2D eigenvalue weighted by atomic mass is 32.2. The van der Waals surface area contributed by atoms with Gasteiger partial charge in [0.15, 0.2) is 0 Å². The number of thioether (sulfide) groups is 2. The van der Waals surface area contributed by atoms with Crippen molar-refractivity contribution in [1.82, 2.24) is 4.98 Å². The van der Waals surface area contributed by atoms with Crippen LogP contribution in [0.2, 0.25) is 0 Å². The Morgan fingerprint density at radius 3 is 1.88 bits per heavy atom. The van der Waals surface area contributed by atoms with Crippen LogP contribution in [-0.4, -0.2) is 15.2 Å². The number of aliphatic hydroxyl groups excluding tert-OH is 1. The summed E-state index contributed by atoms with van der Waals surface area (Å²) in [7, 11) is 0. The second kappa shape index (κ2) is 9.12. The highest BCUT2D eigenvalue weighted by Crippen LogP contribution is 2.34. The minimum atomic E-state index is -0.192. The highest BCUT2D eigenvalue weighted by molar-refractivity contribution is 7.99. The van der Waals surface area contributed by atoms with Crippen molar-refractivity contribution in [3.8, 4) is 5.75 Å². The van der Waals surface area contributed by atoms with Crippen molar-refractivity contribution in [1.29, 1.82) is 0 Å². The number of rotatable bonds is 7. The first-order valence-electron chi connectivity index (χ1n) is 8.35. The van der Waals surface area contributed by atoms with Crippen molar-refractivity contribution in [2.75, 3.05) is 0 Å². The van der Waals surface area contributed by atoms with Gasteiger partial charge in [0.1, 0.15) is 5.75 Å². The van der Waals surface area contributed by atoms with Gasteiger partial charge in [0.25, 0.3) is 0 Å². The molecule has 3 rings (SSSR count). The lowest BCUT2D eigenvalue weighted by Crippen LogP contribution is -2.04. The summed E-state index contributed by atoms with van der Waals surface area (Å²) in [5.41, 5.74) is 2.99. The zero-order chi connectivity index (χ0) is 18.4. The fourth-order valence-corrected chi connectivity index (χ4v) is 4.55. The summed E-state index contributed by atoms with van der Waals surface area (Å²) in [4.78, 5) is 6.94. The third kappa shape index (κ3) is 4.61. The monoisotopic (exact) mass is 383 g/mol. The summed E-state index contributed by atoms with van der Waals surface area (Å²) in [6.45, 7) is 1.59. The van der Waals surface area contributed by atoms with Crippen LogP contribution in [0.4, 0.5) is 0 Å². The molecule has 26 heavy (non-hydrogen) atoms. The van der Waals surface area contributed by atoms with Crippen LogP contribution in [0.25, 0.3) is 0 Å². The standard InChI is InChI=1S/C21H21NO2S2/c1-15-21(24)18(12-23)19(13-25-16-8-4-2-5-9-16)20(22-15)14-26-17-10-6-3-7-11-17/h2-11,23-24H,12-14H2,1H3. The van der Waals surface area contributed by atoms with Gasteiger partial charge in [-0.3, -0.25) is 4.98 Å². The maximum absolute atomic E-state index is 10.3. The van der Waals surface area contributed by atoms with Crippen molar-refractivity contribution >= 4 is 23.5 Å². The van der Waals surface area contributed by atoms with Gasteiger partial charge in [0, 0.05) is 26.9 Å². The van der Waals surface area contributed by atoms with Gasteiger partial charge in [0.2, 0.25) is 0 Å². The van der Waals surface area contributed by atoms with Gasteiger partial charge in [-0.05, 0) is 36.8 Å². The lowest BCUT2D eigenvalue weighted by molar-refractivity contribution is 0.273. The first-order chi connectivity index (χ1) is 12.7. The Hall–Kier alpha value is -1.95. The molecule has 134 valence electrons. The van der Waals surface area contributed by atoms with Crippen LogP contribution in [0.15, 0.2) is 70.5 Å². The molecule has 0 saturated heterocycles. The molecule has 5 heteroatoms. The molecule has 0 aliphatic heterocycles. The average molecular weight is 384 g/mol. The maximum Gasteiger partial charge on any atom is 0.142 e. The van der Waals surface area contributed by atoms with Crippen LogP contribution in [-0.2, 0) is 18.1 Å². The molecule has 1 heterocycles. The predicted octanol–water partition coefficient (Wildman–Crippen LogP) is 5.17. The third-order valence-electron chi connectivity index (χ3n) is 4.05. The van der Waals surface area contributed by atoms with E-state index >= 15 is 0 Å². The molecule has 0 amide bonds. The van der Waals surface area contributed by atoms with E-state index in [4.69, 9.17) is 0 Å². The van der Waals surface area contributed by atoms with E-state index < -0.39 is 0 Å². The molecule has 1 aromatic heterocycles. The van der Waals surface area contributed by atoms with Crippen LogP contribution in [0.1, 0.15) is 22.5 Å². The van der Waals surface area contributed by atoms with Crippen molar-refractivity contribution in [3.05, 3.63) is 83.2 Å². The van der Waals surface area contributed by atoms with Crippen LogP contribution >= 0.6 is 23.5 Å². The minimum absolute atomic E-state index is 0.102. The first kappa shape index (κ1) is 18.8. The van der Waals surface area contributed by atoms with E-state index in [2.05, 4.69) is 29.2 Å². The molecule has 0 unspecified atom stereocenters. The quantitative estimate of drug-likeness (QED) is 0.551. The van der Waals surface area contributed by atoms with Crippen LogP contribution in [0.3, 0.4) is 0 Å². The summed E-state index contributed by atoms with van der Waals surface area (Å²) >= 11 is 3.39. The van der Waals surface area contributed by atoms with E-state index in [9.17, 15) is 10.2 Å². The normalized spacial score (nSPS) is 10.8. The van der Waals surface area contributed by atoms with Gasteiger partial charge in [-0.25, -0.2) is 0 Å². The summed E-state index contributed by atoms with van der Waals surface area (Å²) in [6.07, 6.45) is 0. The smallest absolute Gasteiger partial charge is 0.142 e. The van der Waals surface area contributed by atoms with Crippen molar-refractivity contribution < 1.29 is 10.2 Å². The van der Waals surface area contributed by atoms with Crippen molar-refractivity contribution in [2.24, 2.45) is 0 Å². The molecule has 2 N–H and O–H groups in total. The molecular formula is C21H21NO2S2. The number of aromatic hydroxyl groups is 1. The third-order valence-corrected chi connectivity index (χ3v) is 6.11. The van der Waals surface area contributed by atoms with Crippen LogP contribution in [0.5, 0.6) is 5.75 Å². The molecule has 0 saturated carbocycles. The zero-order valence-electron chi connectivity index (χ0n) is 14.6. The molecule has 0 radical (unpaired) electrons. The number of hydrogen-bond donors (Lipinski definition) is 2. The molecule has 3 nitrogen and oxygen atoms in total. The number of aryl methyl sites for hydroxylation is 1. The van der Waals surface area contributed by atoms with E-state index in [0.717, 1.165) is 16.2 Å². The number of benzene rings is 2. The van der Waals surface area contributed by atoms with E-state index in [-0.39, 0.29) is 12.4 Å². The van der Waals surface area contributed by atoms with Gasteiger partial charge < -0.3 is 10.2 Å². The average Bonchev–Trinajstić information content (AvgIpc) is 2.69. The summed E-state index contributed by atoms with van der Waals surface area (Å²) in [5.74, 6) is 1.46. The number of hydrogen-bond acceptors (Lipinski definition) is 5. The Morgan fingerprint density at radius 1 is 0.808 bits per heavy atom. The molecule has 0 spiro atoms. The number of aliphatic hydroxyl groups is 1. The minimum Gasteiger partial charge on any atom is -0.506 e. The predicted molar refractivity (Wildman–Crippen MR) is 109 cm³/mol. The number of aromatic nitrogens is 1. The molecule has 0 fully saturated rings. The fourth-order valence-electron chi connectivity index (χ4n) is 2.66. The van der Waals surface area contributed by atoms with E-state index in [1.54, 1.807) is 30.4 Å². The molecule has 0 aliphatic rings. The largest absolute Gasteiger partial charge is 0.506 e. The SMILES string of the molecule is Cc1nc(CSc2ccccc2)c(CSc2ccccc2)c(CO)c1O. The van der Waals surface area contributed by atoms with E-state index in [1.807, 2.05) is 36.4 Å². The topological polar surface area (TPSA) is 53.4 Å². The van der Waals surface area contributed by atoms with Gasteiger partial charge in [-0.15, -0.1) is 23.5 Å². The van der Waals surface area contributed by atoms with Crippen molar-refractivity contribution in [3.63, 3.8) is 0 Å². The maximum atomic E-state index is 10.3. The van der Waals surface area contributed by atoms with E-state index in [0.29, 0.717) is 22.8 Å². The summed E-state index contributed by atoms with van der Waals surface area (Å²) < 4.78 is 0. The van der Waals surface area contributed by atoms with Gasteiger partial charge in [0.05, 0.1) is 18.0 Å². The van der Waals surface area contributed by atoms with E-state index in [1.165, 1.54) is 4.90 Å². The number of pyridine rings is 1. The second-order valence-corrected chi connectivity index (χ2v) is 7.91. The lowest BCUT2D eigenvalue weighted by atomic mass is 10.1. The molecule has 2 aromatic carbocycles. The Bertz CT molecular complexity index is 855. The van der Waals surface area contributed by atoms with Crippen molar-refractivity contribution in [2.45, 2.75) is 34.8 Å². The lowest BCUT2D eigenvalue weighted by Gasteiger charge is -2.16. The zero-order valence-corrected chi connectivity index (χ0v) is 16.2. The van der Waals surface area contributed by atoms with Gasteiger partial charge in [-0.2, -0.15) is 0 Å². The second-order valence-electron chi connectivity index (χ2n) is 5.81. The van der Waals surface area contributed by atoms with Crippen LogP contribution in [0, 0.1) is 6.92 Å². The highest BCUT2D eigenvalue weighted by Gasteiger charge is 2.17. The van der Waals surface area contributed by atoms with Crippen LogP contribution < -0.4 is 0 Å². The molecular weight excluding hydrogens is 362 g/mol. The van der Waals surface area contributed by atoms with Gasteiger partial charge in [-0.1, -0.05) is 36.4 Å². The first-order valence-corrected chi connectivity index (χ1v) is 10.3. The molecule has 0 aliphatic carbocycles. The Kier molecular flexibility index (Phi) is 6.61.